The SMILES string of the molecule is O=C(NCc1ccc2c(c1)OCO2)[C@H]1CC(=O)N(CCc2ccccc2)C1. The molecule has 2 aliphatic rings. The zero-order chi connectivity index (χ0) is 18.6. The van der Waals surface area contributed by atoms with Crippen molar-refractivity contribution in [2.45, 2.75) is 19.4 Å². The highest BCUT2D eigenvalue weighted by Gasteiger charge is 2.33. The van der Waals surface area contributed by atoms with E-state index in [1.54, 1.807) is 4.90 Å². The van der Waals surface area contributed by atoms with Crippen LogP contribution in [0.5, 0.6) is 11.5 Å². The van der Waals surface area contributed by atoms with E-state index in [4.69, 9.17) is 9.47 Å². The monoisotopic (exact) mass is 366 g/mol. The number of amides is 2. The average molecular weight is 366 g/mol. The van der Waals surface area contributed by atoms with Crippen molar-refractivity contribution in [2.75, 3.05) is 19.9 Å². The van der Waals surface area contributed by atoms with Gasteiger partial charge in [0, 0.05) is 26.1 Å². The predicted octanol–water partition coefficient (Wildman–Crippen LogP) is 2.12. The van der Waals surface area contributed by atoms with Gasteiger partial charge in [-0.1, -0.05) is 36.4 Å². The maximum Gasteiger partial charge on any atom is 0.231 e. The maximum absolute atomic E-state index is 12.5. The fraction of sp³-hybridized carbons (Fsp3) is 0.333. The number of fused-ring (bicyclic) bond motifs is 1. The van der Waals surface area contributed by atoms with Crippen LogP contribution < -0.4 is 14.8 Å². The molecule has 1 saturated heterocycles. The molecule has 0 aliphatic carbocycles. The summed E-state index contributed by atoms with van der Waals surface area (Å²) in [4.78, 5) is 26.5. The molecule has 0 aromatic heterocycles. The normalized spacial score (nSPS) is 18.0. The van der Waals surface area contributed by atoms with Crippen molar-refractivity contribution in [1.82, 2.24) is 10.2 Å². The van der Waals surface area contributed by atoms with Gasteiger partial charge >= 0.3 is 0 Å². The van der Waals surface area contributed by atoms with Crippen LogP contribution in [0.15, 0.2) is 48.5 Å². The van der Waals surface area contributed by atoms with Gasteiger partial charge < -0.3 is 19.7 Å². The highest BCUT2D eigenvalue weighted by molar-refractivity contribution is 5.89. The van der Waals surface area contributed by atoms with Crippen LogP contribution in [0, 0.1) is 5.92 Å². The van der Waals surface area contributed by atoms with E-state index in [0.717, 1.165) is 17.7 Å². The second-order valence-corrected chi connectivity index (χ2v) is 6.88. The third-order valence-corrected chi connectivity index (χ3v) is 5.00. The van der Waals surface area contributed by atoms with Crippen LogP contribution in [-0.2, 0) is 22.6 Å². The van der Waals surface area contributed by atoms with Gasteiger partial charge in [-0.05, 0) is 29.7 Å². The van der Waals surface area contributed by atoms with Gasteiger partial charge in [0.25, 0.3) is 0 Å². The lowest BCUT2D eigenvalue weighted by Crippen LogP contribution is -2.33. The smallest absolute Gasteiger partial charge is 0.231 e. The van der Waals surface area contributed by atoms with Crippen LogP contribution in [-0.4, -0.2) is 36.6 Å². The molecule has 1 fully saturated rings. The molecule has 6 heteroatoms. The fourth-order valence-electron chi connectivity index (χ4n) is 3.46. The van der Waals surface area contributed by atoms with Gasteiger partial charge in [-0.2, -0.15) is 0 Å². The van der Waals surface area contributed by atoms with Crippen molar-refractivity contribution in [1.29, 1.82) is 0 Å². The number of nitrogens with zero attached hydrogens (tertiary/aromatic N) is 1. The van der Waals surface area contributed by atoms with Crippen LogP contribution in [0.2, 0.25) is 0 Å². The molecule has 0 unspecified atom stereocenters. The molecule has 2 aromatic rings. The Morgan fingerprint density at radius 2 is 1.89 bits per heavy atom. The fourth-order valence-corrected chi connectivity index (χ4v) is 3.46. The first kappa shape index (κ1) is 17.4. The van der Waals surface area contributed by atoms with Gasteiger partial charge in [-0.15, -0.1) is 0 Å². The maximum atomic E-state index is 12.5. The summed E-state index contributed by atoms with van der Waals surface area (Å²) in [6.45, 7) is 1.77. The summed E-state index contributed by atoms with van der Waals surface area (Å²) in [5, 5.41) is 2.93. The van der Waals surface area contributed by atoms with Crippen molar-refractivity contribution in [3.05, 3.63) is 59.7 Å². The lowest BCUT2D eigenvalue weighted by Gasteiger charge is -2.16. The Morgan fingerprint density at radius 1 is 1.07 bits per heavy atom. The highest BCUT2D eigenvalue weighted by atomic mass is 16.7. The Kier molecular flexibility index (Phi) is 4.96. The van der Waals surface area contributed by atoms with Crippen LogP contribution in [0.3, 0.4) is 0 Å². The van der Waals surface area contributed by atoms with Gasteiger partial charge in [0.1, 0.15) is 0 Å². The van der Waals surface area contributed by atoms with E-state index in [9.17, 15) is 9.59 Å². The van der Waals surface area contributed by atoms with Gasteiger partial charge in [0.2, 0.25) is 18.6 Å². The molecule has 6 nitrogen and oxygen atoms in total. The van der Waals surface area contributed by atoms with Crippen molar-refractivity contribution in [2.24, 2.45) is 5.92 Å². The first-order valence-electron chi connectivity index (χ1n) is 9.17. The summed E-state index contributed by atoms with van der Waals surface area (Å²) in [7, 11) is 0. The summed E-state index contributed by atoms with van der Waals surface area (Å²) in [5.74, 6) is 1.10. The van der Waals surface area contributed by atoms with Crippen LogP contribution in [0.25, 0.3) is 0 Å². The molecule has 1 N–H and O–H groups in total. The van der Waals surface area contributed by atoms with Crippen LogP contribution in [0.4, 0.5) is 0 Å². The van der Waals surface area contributed by atoms with E-state index >= 15 is 0 Å². The molecule has 0 saturated carbocycles. The zero-order valence-corrected chi connectivity index (χ0v) is 15.0. The Bertz CT molecular complexity index is 837. The second-order valence-electron chi connectivity index (χ2n) is 6.88. The Balaban J connectivity index is 1.27. The lowest BCUT2D eigenvalue weighted by atomic mass is 10.1. The third kappa shape index (κ3) is 4.05. The summed E-state index contributed by atoms with van der Waals surface area (Å²) in [5.41, 5.74) is 2.14. The van der Waals surface area contributed by atoms with Gasteiger partial charge in [0.15, 0.2) is 11.5 Å². The number of carbonyl (C=O) groups is 2. The lowest BCUT2D eigenvalue weighted by molar-refractivity contribution is -0.129. The van der Waals surface area contributed by atoms with Crippen molar-refractivity contribution < 1.29 is 19.1 Å². The molecule has 0 radical (unpaired) electrons. The number of hydrogen-bond donors (Lipinski definition) is 1. The van der Waals surface area contributed by atoms with E-state index in [-0.39, 0.29) is 30.9 Å². The Hall–Kier alpha value is -3.02. The number of ether oxygens (including phenoxy) is 2. The summed E-state index contributed by atoms with van der Waals surface area (Å²) in [6.07, 6.45) is 1.08. The highest BCUT2D eigenvalue weighted by Crippen LogP contribution is 2.32. The number of carbonyl (C=O) groups excluding carboxylic acids is 2. The Labute approximate surface area is 158 Å². The predicted molar refractivity (Wildman–Crippen MR) is 99.2 cm³/mol. The zero-order valence-electron chi connectivity index (χ0n) is 15.0. The molecule has 2 heterocycles. The first-order valence-corrected chi connectivity index (χ1v) is 9.17. The van der Waals surface area contributed by atoms with Crippen LogP contribution in [0.1, 0.15) is 17.5 Å². The van der Waals surface area contributed by atoms with E-state index in [2.05, 4.69) is 17.4 Å². The number of benzene rings is 2. The van der Waals surface area contributed by atoms with E-state index in [1.165, 1.54) is 5.56 Å². The number of nitrogens with one attached hydrogen (secondary N) is 1. The molecule has 2 amide bonds. The number of hydrogen-bond acceptors (Lipinski definition) is 4. The van der Waals surface area contributed by atoms with Gasteiger partial charge in [0.05, 0.1) is 5.92 Å². The topological polar surface area (TPSA) is 67.9 Å². The third-order valence-electron chi connectivity index (χ3n) is 5.00. The molecule has 0 bridgehead atoms. The standard InChI is InChI=1S/C21H22N2O4/c24-20-11-17(13-23(20)9-8-15-4-2-1-3-5-15)21(25)22-12-16-6-7-18-19(10-16)27-14-26-18/h1-7,10,17H,8-9,11-14H2,(H,22,25)/t17-/m0/s1. The Morgan fingerprint density at radius 3 is 2.74 bits per heavy atom. The largest absolute Gasteiger partial charge is 0.454 e. The molecular weight excluding hydrogens is 344 g/mol. The molecule has 140 valence electrons. The van der Waals surface area contributed by atoms with Gasteiger partial charge in [-0.3, -0.25) is 9.59 Å². The van der Waals surface area contributed by atoms with Gasteiger partial charge in [-0.25, -0.2) is 0 Å². The van der Waals surface area contributed by atoms with E-state index in [1.807, 2.05) is 36.4 Å². The minimum absolute atomic E-state index is 0.0501. The van der Waals surface area contributed by atoms with Crippen molar-refractivity contribution >= 4 is 11.8 Å². The summed E-state index contributed by atoms with van der Waals surface area (Å²) in [6, 6.07) is 15.7. The molecule has 27 heavy (non-hydrogen) atoms. The van der Waals surface area contributed by atoms with E-state index in [0.29, 0.717) is 25.4 Å². The molecule has 4 rings (SSSR count). The second kappa shape index (κ2) is 7.70. The minimum Gasteiger partial charge on any atom is -0.454 e. The first-order chi connectivity index (χ1) is 13.2. The summed E-state index contributed by atoms with van der Waals surface area (Å²) < 4.78 is 10.6. The number of likely N-dealkylation sites (tertiary alicyclic amines) is 1. The van der Waals surface area contributed by atoms with Crippen molar-refractivity contribution in [3.8, 4) is 11.5 Å². The number of rotatable bonds is 6. The quantitative estimate of drug-likeness (QED) is 0.850. The molecule has 2 aliphatic heterocycles. The average Bonchev–Trinajstić information content (AvgIpc) is 3.31. The molecule has 2 aromatic carbocycles. The molecule has 0 spiro atoms. The van der Waals surface area contributed by atoms with Crippen molar-refractivity contribution in [3.63, 3.8) is 0 Å². The van der Waals surface area contributed by atoms with Crippen LogP contribution >= 0.6 is 0 Å². The van der Waals surface area contributed by atoms with E-state index < -0.39 is 0 Å². The summed E-state index contributed by atoms with van der Waals surface area (Å²) >= 11 is 0. The molecule has 1 atom stereocenters. The minimum atomic E-state index is -0.290. The molecular formula is C21H22N2O4.